The Bertz CT molecular complexity index is 1130. The van der Waals surface area contributed by atoms with Gasteiger partial charge in [0.25, 0.3) is 5.91 Å². The van der Waals surface area contributed by atoms with E-state index in [1.165, 1.54) is 17.4 Å². The SMILES string of the molecule is O=C(Nc1nc2c(s1)CCCC2C(=O)NCc1ccc(F)cc1F)c1ccc(Cl)cc1. The Labute approximate surface area is 186 Å². The Morgan fingerprint density at radius 2 is 1.94 bits per heavy atom. The summed E-state index contributed by atoms with van der Waals surface area (Å²) in [5.74, 6) is -2.43. The predicted molar refractivity (Wildman–Crippen MR) is 115 cm³/mol. The van der Waals surface area contributed by atoms with E-state index < -0.39 is 17.6 Å². The van der Waals surface area contributed by atoms with Crippen molar-refractivity contribution in [3.63, 3.8) is 0 Å². The van der Waals surface area contributed by atoms with Gasteiger partial charge in [-0.3, -0.25) is 14.9 Å². The molecule has 0 bridgehead atoms. The number of thiazole rings is 1. The summed E-state index contributed by atoms with van der Waals surface area (Å²) in [6, 6.07) is 9.76. The van der Waals surface area contributed by atoms with E-state index in [0.717, 1.165) is 29.9 Å². The number of fused-ring (bicyclic) bond motifs is 1. The minimum absolute atomic E-state index is 0.0406. The largest absolute Gasteiger partial charge is 0.351 e. The molecule has 160 valence electrons. The maximum Gasteiger partial charge on any atom is 0.257 e. The van der Waals surface area contributed by atoms with Crippen molar-refractivity contribution in [3.8, 4) is 0 Å². The summed E-state index contributed by atoms with van der Waals surface area (Å²) >= 11 is 7.20. The van der Waals surface area contributed by atoms with Crippen molar-refractivity contribution in [1.29, 1.82) is 0 Å². The molecular weight excluding hydrogens is 444 g/mol. The average Bonchev–Trinajstić information content (AvgIpc) is 3.15. The lowest BCUT2D eigenvalue weighted by Gasteiger charge is -2.20. The zero-order valence-electron chi connectivity index (χ0n) is 16.3. The van der Waals surface area contributed by atoms with Crippen LogP contribution >= 0.6 is 22.9 Å². The van der Waals surface area contributed by atoms with Crippen molar-refractivity contribution in [2.75, 3.05) is 5.32 Å². The molecule has 1 aliphatic carbocycles. The molecule has 0 fully saturated rings. The molecule has 2 aromatic carbocycles. The van der Waals surface area contributed by atoms with E-state index in [-0.39, 0.29) is 23.9 Å². The highest BCUT2D eigenvalue weighted by Gasteiger charge is 2.30. The van der Waals surface area contributed by atoms with Crippen LogP contribution < -0.4 is 10.6 Å². The van der Waals surface area contributed by atoms with Gasteiger partial charge in [0.1, 0.15) is 11.6 Å². The number of hydrogen-bond acceptors (Lipinski definition) is 4. The molecule has 0 aliphatic heterocycles. The molecule has 1 heterocycles. The molecule has 0 saturated carbocycles. The third-order valence-electron chi connectivity index (χ3n) is 5.07. The second-order valence-electron chi connectivity index (χ2n) is 7.19. The molecule has 4 rings (SSSR count). The maximum atomic E-state index is 13.8. The minimum Gasteiger partial charge on any atom is -0.351 e. The number of rotatable bonds is 5. The number of hydrogen-bond donors (Lipinski definition) is 2. The fraction of sp³-hybridized carbons (Fsp3) is 0.227. The predicted octanol–water partition coefficient (Wildman–Crippen LogP) is 5.06. The van der Waals surface area contributed by atoms with E-state index in [1.807, 2.05) is 0 Å². The Balaban J connectivity index is 1.45. The number of carbonyl (C=O) groups is 2. The zero-order valence-corrected chi connectivity index (χ0v) is 17.8. The van der Waals surface area contributed by atoms with Crippen LogP contribution in [0.4, 0.5) is 13.9 Å². The molecule has 0 spiro atoms. The third-order valence-corrected chi connectivity index (χ3v) is 6.36. The van der Waals surface area contributed by atoms with E-state index in [2.05, 4.69) is 15.6 Å². The number of aryl methyl sites for hydroxylation is 1. The number of nitrogens with one attached hydrogen (secondary N) is 2. The molecule has 5 nitrogen and oxygen atoms in total. The third kappa shape index (κ3) is 4.91. The summed E-state index contributed by atoms with van der Waals surface area (Å²) in [6.45, 7) is -0.0406. The van der Waals surface area contributed by atoms with E-state index >= 15 is 0 Å². The maximum absolute atomic E-state index is 13.8. The van der Waals surface area contributed by atoms with Gasteiger partial charge >= 0.3 is 0 Å². The van der Waals surface area contributed by atoms with Crippen LogP contribution in [0.15, 0.2) is 42.5 Å². The van der Waals surface area contributed by atoms with Gasteiger partial charge in [-0.25, -0.2) is 13.8 Å². The Morgan fingerprint density at radius 3 is 2.68 bits per heavy atom. The number of anilines is 1. The smallest absolute Gasteiger partial charge is 0.257 e. The highest BCUT2D eigenvalue weighted by Crippen LogP contribution is 2.37. The first kappa shape index (κ1) is 21.4. The van der Waals surface area contributed by atoms with Gasteiger partial charge in [-0.1, -0.05) is 17.7 Å². The molecule has 2 amide bonds. The number of halogens is 3. The minimum atomic E-state index is -0.703. The highest BCUT2D eigenvalue weighted by atomic mass is 35.5. The quantitative estimate of drug-likeness (QED) is 0.557. The normalized spacial score (nSPS) is 15.3. The van der Waals surface area contributed by atoms with Crippen molar-refractivity contribution in [2.24, 2.45) is 0 Å². The van der Waals surface area contributed by atoms with Crippen LogP contribution in [0.1, 0.15) is 45.3 Å². The molecule has 31 heavy (non-hydrogen) atoms. The fourth-order valence-electron chi connectivity index (χ4n) is 3.47. The number of amides is 2. The van der Waals surface area contributed by atoms with Gasteiger partial charge in [0.05, 0.1) is 11.6 Å². The van der Waals surface area contributed by atoms with Crippen molar-refractivity contribution >= 4 is 39.9 Å². The van der Waals surface area contributed by atoms with E-state index in [9.17, 15) is 18.4 Å². The summed E-state index contributed by atoms with van der Waals surface area (Å²) in [5.41, 5.74) is 1.30. The summed E-state index contributed by atoms with van der Waals surface area (Å²) < 4.78 is 26.9. The van der Waals surface area contributed by atoms with Gasteiger partial charge in [0.2, 0.25) is 5.91 Å². The molecule has 1 aromatic heterocycles. The van der Waals surface area contributed by atoms with Crippen LogP contribution in [0.3, 0.4) is 0 Å². The molecule has 0 saturated heterocycles. The fourth-order valence-corrected chi connectivity index (χ4v) is 4.65. The molecule has 1 atom stereocenters. The average molecular weight is 462 g/mol. The standard InChI is InChI=1S/C22H18ClF2N3O2S/c23-14-7-4-12(5-8-14)20(29)28-22-27-19-16(2-1-3-18(19)31-22)21(30)26-11-13-6-9-15(24)10-17(13)25/h4-10,16H,1-3,11H2,(H,26,30)(H,27,28,29). The molecular formula is C22H18ClF2N3O2S. The number of nitrogens with zero attached hydrogens (tertiary/aromatic N) is 1. The van der Waals surface area contributed by atoms with Gasteiger partial charge < -0.3 is 5.32 Å². The van der Waals surface area contributed by atoms with E-state index in [1.54, 1.807) is 24.3 Å². The van der Waals surface area contributed by atoms with E-state index in [4.69, 9.17) is 11.6 Å². The molecule has 3 aromatic rings. The molecule has 0 radical (unpaired) electrons. The van der Waals surface area contributed by atoms with Crippen molar-refractivity contribution in [3.05, 3.63) is 80.8 Å². The van der Waals surface area contributed by atoms with E-state index in [0.29, 0.717) is 27.8 Å². The zero-order chi connectivity index (χ0) is 22.0. The monoisotopic (exact) mass is 461 g/mol. The van der Waals surface area contributed by atoms with Crippen LogP contribution in [0.25, 0.3) is 0 Å². The number of benzene rings is 2. The topological polar surface area (TPSA) is 71.1 Å². The lowest BCUT2D eigenvalue weighted by molar-refractivity contribution is -0.123. The van der Waals surface area contributed by atoms with Crippen LogP contribution in [0.2, 0.25) is 5.02 Å². The van der Waals surface area contributed by atoms with Gasteiger partial charge in [-0.05, 0) is 49.6 Å². The molecule has 2 N–H and O–H groups in total. The first-order chi connectivity index (χ1) is 14.9. The highest BCUT2D eigenvalue weighted by molar-refractivity contribution is 7.16. The summed E-state index contributed by atoms with van der Waals surface area (Å²) in [4.78, 5) is 30.6. The Kier molecular flexibility index (Phi) is 6.29. The van der Waals surface area contributed by atoms with Gasteiger partial charge in [-0.2, -0.15) is 0 Å². The molecule has 1 unspecified atom stereocenters. The molecule has 1 aliphatic rings. The van der Waals surface area contributed by atoms with Gasteiger partial charge in [-0.15, -0.1) is 11.3 Å². The first-order valence-corrected chi connectivity index (χ1v) is 10.9. The van der Waals surface area contributed by atoms with Crippen molar-refractivity contribution < 1.29 is 18.4 Å². The lowest BCUT2D eigenvalue weighted by atomic mass is 9.90. The number of carbonyl (C=O) groups excluding carboxylic acids is 2. The van der Waals surface area contributed by atoms with Crippen LogP contribution in [-0.2, 0) is 17.8 Å². The van der Waals surface area contributed by atoms with Crippen molar-refractivity contribution in [1.82, 2.24) is 10.3 Å². The van der Waals surface area contributed by atoms with Crippen LogP contribution in [0.5, 0.6) is 0 Å². The lowest BCUT2D eigenvalue weighted by Crippen LogP contribution is -2.31. The van der Waals surface area contributed by atoms with Gasteiger partial charge in [0.15, 0.2) is 5.13 Å². The summed E-state index contributed by atoms with van der Waals surface area (Å²) in [6.07, 6.45) is 2.20. The van der Waals surface area contributed by atoms with Crippen LogP contribution in [0, 0.1) is 11.6 Å². The van der Waals surface area contributed by atoms with Crippen molar-refractivity contribution in [2.45, 2.75) is 31.7 Å². The second-order valence-corrected chi connectivity index (χ2v) is 8.71. The Morgan fingerprint density at radius 1 is 1.16 bits per heavy atom. The summed E-state index contributed by atoms with van der Waals surface area (Å²) in [5, 5.41) is 6.45. The van der Waals surface area contributed by atoms with Crippen LogP contribution in [-0.4, -0.2) is 16.8 Å². The van der Waals surface area contributed by atoms with Gasteiger partial charge in [0, 0.05) is 33.6 Å². The summed E-state index contributed by atoms with van der Waals surface area (Å²) in [7, 11) is 0. The number of aromatic nitrogens is 1. The first-order valence-electron chi connectivity index (χ1n) is 9.69. The Hall–Kier alpha value is -2.84. The second kappa shape index (κ2) is 9.11. The molecule has 9 heteroatoms.